The highest BCUT2D eigenvalue weighted by Gasteiger charge is 2.24. The second-order valence-corrected chi connectivity index (χ2v) is 7.57. The number of nitrogens with one attached hydrogen (secondary N) is 2. The van der Waals surface area contributed by atoms with Crippen LogP contribution in [0, 0.1) is 12.8 Å². The lowest BCUT2D eigenvalue weighted by Gasteiger charge is -2.28. The standard InChI is InChI=1S/C15H21NO2.C5H4ClNO.C2H2/c1-15(2,3)18-14(17)16-13-10-6-8-11-7-4-5-9-12(11)13;6-5-3-4(8)1-2-7-5;1-2/h4-5,7,9,13H,6,8,10H2,1-3H3,(H,16,17);1-3H,(H,7,8);1-2H/t13-;;/m0../s1. The molecule has 1 aliphatic rings. The SMILES string of the molecule is C#C.CC(C)(C)OC(=O)N[C@H]1CCCc2ccccc21.O=c1cc[nH]c(Cl)c1. The van der Waals surface area contributed by atoms with Gasteiger partial charge in [-0.3, -0.25) is 4.79 Å². The molecule has 150 valence electrons. The molecule has 0 unspecified atom stereocenters. The first kappa shape index (κ1) is 23.3. The summed E-state index contributed by atoms with van der Waals surface area (Å²) in [5, 5.41) is 3.34. The Kier molecular flexibility index (Phi) is 9.34. The Morgan fingerprint density at radius 1 is 1.25 bits per heavy atom. The fraction of sp³-hybridized carbons (Fsp3) is 0.364. The van der Waals surface area contributed by atoms with Crippen LogP contribution in [0.15, 0.2) is 47.4 Å². The Morgan fingerprint density at radius 2 is 1.93 bits per heavy atom. The van der Waals surface area contributed by atoms with Gasteiger partial charge < -0.3 is 15.0 Å². The van der Waals surface area contributed by atoms with Gasteiger partial charge in [0, 0.05) is 18.3 Å². The van der Waals surface area contributed by atoms with Crippen molar-refractivity contribution in [2.75, 3.05) is 0 Å². The molecule has 3 rings (SSSR count). The van der Waals surface area contributed by atoms with Crippen LogP contribution in [0.1, 0.15) is 50.8 Å². The first-order valence-corrected chi connectivity index (χ1v) is 9.37. The molecule has 1 heterocycles. The first-order chi connectivity index (χ1) is 13.2. The maximum Gasteiger partial charge on any atom is 0.408 e. The number of benzene rings is 1. The van der Waals surface area contributed by atoms with Crippen molar-refractivity contribution < 1.29 is 9.53 Å². The Morgan fingerprint density at radius 3 is 2.50 bits per heavy atom. The molecule has 0 saturated carbocycles. The third kappa shape index (κ3) is 8.32. The number of aromatic amines is 1. The zero-order valence-corrected chi connectivity index (χ0v) is 17.3. The van der Waals surface area contributed by atoms with Gasteiger partial charge in [0.1, 0.15) is 10.8 Å². The number of carbonyl (C=O) groups excluding carboxylic acids is 1. The third-order valence-corrected chi connectivity index (χ3v) is 4.02. The number of rotatable bonds is 1. The summed E-state index contributed by atoms with van der Waals surface area (Å²) in [5.74, 6) is 0. The minimum absolute atomic E-state index is 0.0752. The second-order valence-electron chi connectivity index (χ2n) is 7.16. The number of ether oxygens (including phenoxy) is 1. The molecule has 0 fully saturated rings. The van der Waals surface area contributed by atoms with E-state index < -0.39 is 5.60 Å². The molecule has 0 aliphatic heterocycles. The number of fused-ring (bicyclic) bond motifs is 1. The van der Waals surface area contributed by atoms with E-state index in [1.54, 1.807) is 0 Å². The summed E-state index contributed by atoms with van der Waals surface area (Å²) in [5.41, 5.74) is 2.05. The van der Waals surface area contributed by atoms with Gasteiger partial charge in [0.25, 0.3) is 0 Å². The number of hydrogen-bond donors (Lipinski definition) is 2. The number of pyridine rings is 1. The van der Waals surface area contributed by atoms with Crippen molar-refractivity contribution >= 4 is 17.7 Å². The van der Waals surface area contributed by atoms with Gasteiger partial charge in [0.15, 0.2) is 5.43 Å². The van der Waals surface area contributed by atoms with Gasteiger partial charge in [-0.05, 0) is 51.2 Å². The quantitative estimate of drug-likeness (QED) is 0.528. The topological polar surface area (TPSA) is 71.2 Å². The van der Waals surface area contributed by atoms with Gasteiger partial charge in [-0.1, -0.05) is 35.9 Å². The van der Waals surface area contributed by atoms with Crippen molar-refractivity contribution in [1.82, 2.24) is 10.3 Å². The number of aromatic nitrogens is 1. The molecular formula is C22H27ClN2O3. The van der Waals surface area contributed by atoms with Crippen molar-refractivity contribution in [2.45, 2.75) is 51.7 Å². The van der Waals surface area contributed by atoms with Crippen molar-refractivity contribution in [2.24, 2.45) is 0 Å². The van der Waals surface area contributed by atoms with E-state index in [0.29, 0.717) is 5.15 Å². The van der Waals surface area contributed by atoms with Crippen LogP contribution in [0.3, 0.4) is 0 Å². The van der Waals surface area contributed by atoms with Gasteiger partial charge in [-0.25, -0.2) is 4.79 Å². The fourth-order valence-electron chi connectivity index (χ4n) is 2.77. The summed E-state index contributed by atoms with van der Waals surface area (Å²) in [6.45, 7) is 5.63. The van der Waals surface area contributed by atoms with Crippen LogP contribution in [0.2, 0.25) is 5.15 Å². The van der Waals surface area contributed by atoms with Crippen LogP contribution >= 0.6 is 11.6 Å². The number of alkyl carbamates (subject to hydrolysis) is 1. The number of carbonyl (C=O) groups is 1. The van der Waals surface area contributed by atoms with Crippen molar-refractivity contribution in [1.29, 1.82) is 0 Å². The number of terminal acetylenes is 1. The molecule has 6 heteroatoms. The van der Waals surface area contributed by atoms with Crippen molar-refractivity contribution in [3.8, 4) is 12.8 Å². The number of hydrogen-bond acceptors (Lipinski definition) is 3. The lowest BCUT2D eigenvalue weighted by atomic mass is 9.88. The Hall–Kier alpha value is -2.71. The lowest BCUT2D eigenvalue weighted by molar-refractivity contribution is 0.0498. The predicted molar refractivity (Wildman–Crippen MR) is 113 cm³/mol. The van der Waals surface area contributed by atoms with Crippen LogP contribution in [0.5, 0.6) is 0 Å². The summed E-state index contributed by atoms with van der Waals surface area (Å²) in [6.07, 6.45) is 12.4. The maximum atomic E-state index is 11.8. The maximum absolute atomic E-state index is 11.8. The highest BCUT2D eigenvalue weighted by molar-refractivity contribution is 6.29. The fourth-order valence-corrected chi connectivity index (χ4v) is 2.94. The average Bonchev–Trinajstić information content (AvgIpc) is 2.62. The van der Waals surface area contributed by atoms with Crippen molar-refractivity contribution in [3.05, 3.63) is 69.1 Å². The number of H-pyrrole nitrogens is 1. The third-order valence-electron chi connectivity index (χ3n) is 3.80. The number of halogens is 1. The largest absolute Gasteiger partial charge is 0.444 e. The van der Waals surface area contributed by atoms with E-state index >= 15 is 0 Å². The highest BCUT2D eigenvalue weighted by Crippen LogP contribution is 2.29. The molecule has 28 heavy (non-hydrogen) atoms. The molecule has 2 N–H and O–H groups in total. The van der Waals surface area contributed by atoms with E-state index in [9.17, 15) is 9.59 Å². The molecule has 0 saturated heterocycles. The minimum Gasteiger partial charge on any atom is -0.444 e. The molecule has 1 atom stereocenters. The highest BCUT2D eigenvalue weighted by atomic mass is 35.5. The van der Waals surface area contributed by atoms with Gasteiger partial charge in [0.2, 0.25) is 0 Å². The lowest BCUT2D eigenvalue weighted by Crippen LogP contribution is -2.36. The molecule has 5 nitrogen and oxygen atoms in total. The van der Waals surface area contributed by atoms with E-state index in [-0.39, 0.29) is 17.6 Å². The van der Waals surface area contributed by atoms with E-state index in [4.69, 9.17) is 16.3 Å². The van der Waals surface area contributed by atoms with Crippen molar-refractivity contribution in [3.63, 3.8) is 0 Å². The van der Waals surface area contributed by atoms with Gasteiger partial charge in [-0.2, -0.15) is 0 Å². The minimum atomic E-state index is -0.446. The Labute approximate surface area is 171 Å². The molecule has 1 aromatic heterocycles. The number of aryl methyl sites for hydroxylation is 1. The average molecular weight is 403 g/mol. The zero-order chi connectivity index (χ0) is 21.2. The first-order valence-electron chi connectivity index (χ1n) is 8.99. The van der Waals surface area contributed by atoms with E-state index in [2.05, 4.69) is 41.3 Å². The van der Waals surface area contributed by atoms with E-state index in [0.717, 1.165) is 19.3 Å². The Balaban J connectivity index is 0.000000327. The summed E-state index contributed by atoms with van der Waals surface area (Å²) >= 11 is 5.39. The monoisotopic (exact) mass is 402 g/mol. The predicted octanol–water partition coefficient (Wildman–Crippen LogP) is 4.87. The summed E-state index contributed by atoms with van der Waals surface area (Å²) in [7, 11) is 0. The molecule has 2 aromatic rings. The molecular weight excluding hydrogens is 376 g/mol. The Bertz CT molecular complexity index is 837. The van der Waals surface area contributed by atoms with Crippen LogP contribution in [0.25, 0.3) is 0 Å². The molecule has 1 aliphatic carbocycles. The zero-order valence-electron chi connectivity index (χ0n) is 16.5. The summed E-state index contributed by atoms with van der Waals surface area (Å²) in [4.78, 5) is 24.8. The van der Waals surface area contributed by atoms with Crippen LogP contribution in [0.4, 0.5) is 4.79 Å². The van der Waals surface area contributed by atoms with E-state index in [1.165, 1.54) is 29.5 Å². The van der Waals surface area contributed by atoms with Crippen LogP contribution < -0.4 is 10.7 Å². The molecule has 0 radical (unpaired) electrons. The second kappa shape index (κ2) is 11.2. The van der Waals surface area contributed by atoms with Crippen LogP contribution in [-0.2, 0) is 11.2 Å². The van der Waals surface area contributed by atoms with Gasteiger partial charge >= 0.3 is 6.09 Å². The smallest absolute Gasteiger partial charge is 0.408 e. The number of amides is 1. The molecule has 0 bridgehead atoms. The summed E-state index contributed by atoms with van der Waals surface area (Å²) in [6, 6.07) is 11.1. The molecule has 1 aromatic carbocycles. The molecule has 0 spiro atoms. The van der Waals surface area contributed by atoms with Crippen LogP contribution in [-0.4, -0.2) is 16.7 Å². The molecule has 1 amide bonds. The normalized spacial score (nSPS) is 14.9. The van der Waals surface area contributed by atoms with Gasteiger partial charge in [-0.15, -0.1) is 12.8 Å². The van der Waals surface area contributed by atoms with Gasteiger partial charge in [0.05, 0.1) is 6.04 Å². The summed E-state index contributed by atoms with van der Waals surface area (Å²) < 4.78 is 5.31. The van der Waals surface area contributed by atoms with E-state index in [1.807, 2.05) is 26.8 Å².